The van der Waals surface area contributed by atoms with E-state index in [4.69, 9.17) is 21.9 Å². The monoisotopic (exact) mass is 438 g/mol. The zero-order valence-corrected chi connectivity index (χ0v) is 17.5. The number of ether oxygens (including phenoxy) is 1. The van der Waals surface area contributed by atoms with Crippen molar-refractivity contribution in [2.45, 2.75) is 11.8 Å². The second kappa shape index (κ2) is 9.18. The molecule has 160 valence electrons. The Balaban J connectivity index is 1.80. The Labute approximate surface area is 180 Å². The van der Waals surface area contributed by atoms with Crippen LogP contribution in [0.25, 0.3) is 0 Å². The number of nitrogens with one attached hydrogen (secondary N) is 1. The molecule has 7 N–H and O–H groups in total. The van der Waals surface area contributed by atoms with Crippen molar-refractivity contribution in [1.29, 1.82) is 0 Å². The lowest BCUT2D eigenvalue weighted by molar-refractivity contribution is 0.483. The molecule has 0 aliphatic heterocycles. The molecule has 0 heterocycles. The second-order valence-electron chi connectivity index (χ2n) is 6.50. The molecular weight excluding hydrogens is 416 g/mol. The fourth-order valence-corrected chi connectivity index (χ4v) is 3.99. The third-order valence-electron chi connectivity index (χ3n) is 4.03. The van der Waals surface area contributed by atoms with Crippen LogP contribution in [0, 0.1) is 6.92 Å². The fraction of sp³-hybridized carbons (Fsp3) is 0.0476. The summed E-state index contributed by atoms with van der Waals surface area (Å²) in [6.45, 7) is 1.68. The van der Waals surface area contributed by atoms with Crippen LogP contribution in [0.1, 0.15) is 5.56 Å². The van der Waals surface area contributed by atoms with E-state index in [0.29, 0.717) is 28.4 Å². The van der Waals surface area contributed by atoms with Crippen LogP contribution in [0.5, 0.6) is 11.5 Å². The number of anilines is 1. The maximum atomic E-state index is 12.9. The number of nitrogens with zero attached hydrogens (tertiary/aromatic N) is 2. The number of para-hydroxylation sites is 1. The molecule has 0 spiro atoms. The topological polar surface area (TPSA) is 158 Å². The summed E-state index contributed by atoms with van der Waals surface area (Å²) in [4.78, 5) is 7.68. The smallest absolute Gasteiger partial charge is 0.262 e. The Kier molecular flexibility index (Phi) is 6.41. The number of hydrogen-bond acceptors (Lipinski definition) is 4. The van der Waals surface area contributed by atoms with Gasteiger partial charge in [-0.2, -0.15) is 4.99 Å². The Morgan fingerprint density at radius 3 is 2.19 bits per heavy atom. The van der Waals surface area contributed by atoms with Crippen molar-refractivity contribution in [1.82, 2.24) is 0 Å². The number of hydrogen-bond donors (Lipinski definition) is 4. The minimum atomic E-state index is -3.88. The van der Waals surface area contributed by atoms with E-state index < -0.39 is 10.0 Å². The molecule has 0 amide bonds. The first kappa shape index (κ1) is 21.7. The first-order valence-corrected chi connectivity index (χ1v) is 10.6. The first-order valence-electron chi connectivity index (χ1n) is 9.13. The summed E-state index contributed by atoms with van der Waals surface area (Å²) in [7, 11) is -3.88. The van der Waals surface area contributed by atoms with E-state index in [0.717, 1.165) is 0 Å². The van der Waals surface area contributed by atoms with E-state index in [1.807, 2.05) is 30.3 Å². The molecule has 0 bridgehead atoms. The average molecular weight is 439 g/mol. The summed E-state index contributed by atoms with van der Waals surface area (Å²) < 4.78 is 34.1. The van der Waals surface area contributed by atoms with Crippen LogP contribution in [0.15, 0.2) is 87.7 Å². The largest absolute Gasteiger partial charge is 0.457 e. The van der Waals surface area contributed by atoms with Gasteiger partial charge in [-0.1, -0.05) is 24.3 Å². The van der Waals surface area contributed by atoms with Gasteiger partial charge in [-0.25, -0.2) is 13.4 Å². The molecule has 31 heavy (non-hydrogen) atoms. The summed E-state index contributed by atoms with van der Waals surface area (Å²) in [6, 6.07) is 20.5. The Bertz CT molecular complexity index is 1220. The van der Waals surface area contributed by atoms with Crippen molar-refractivity contribution in [2.75, 3.05) is 4.72 Å². The van der Waals surface area contributed by atoms with Gasteiger partial charge in [0.25, 0.3) is 10.0 Å². The SMILES string of the molecule is Cc1ccc(N=C(N)N=C(N)N)cc1S(=O)(=O)Nc1ccc(Oc2ccccc2)cc1. The molecule has 9 nitrogen and oxygen atoms in total. The van der Waals surface area contributed by atoms with Gasteiger partial charge >= 0.3 is 0 Å². The summed E-state index contributed by atoms with van der Waals surface area (Å²) in [6.07, 6.45) is 0. The Hall–Kier alpha value is -4.05. The van der Waals surface area contributed by atoms with Crippen LogP contribution in [-0.2, 0) is 10.0 Å². The second-order valence-corrected chi connectivity index (χ2v) is 8.15. The van der Waals surface area contributed by atoms with Crippen molar-refractivity contribution in [2.24, 2.45) is 27.2 Å². The highest BCUT2D eigenvalue weighted by molar-refractivity contribution is 7.92. The number of aliphatic imine (C=N–C) groups is 2. The maximum Gasteiger partial charge on any atom is 0.262 e. The van der Waals surface area contributed by atoms with Crippen molar-refractivity contribution in [3.63, 3.8) is 0 Å². The van der Waals surface area contributed by atoms with Crippen LogP contribution in [0.3, 0.4) is 0 Å². The molecule has 0 aliphatic carbocycles. The first-order chi connectivity index (χ1) is 14.7. The van der Waals surface area contributed by atoms with Crippen LogP contribution in [0.4, 0.5) is 11.4 Å². The van der Waals surface area contributed by atoms with E-state index in [9.17, 15) is 8.42 Å². The number of rotatable bonds is 6. The Morgan fingerprint density at radius 2 is 1.55 bits per heavy atom. The summed E-state index contributed by atoms with van der Waals surface area (Å²) >= 11 is 0. The van der Waals surface area contributed by atoms with Gasteiger partial charge in [-0.05, 0) is 61.0 Å². The van der Waals surface area contributed by atoms with E-state index in [1.54, 1.807) is 43.3 Å². The van der Waals surface area contributed by atoms with Gasteiger partial charge in [0.15, 0.2) is 5.96 Å². The summed E-state index contributed by atoms with van der Waals surface area (Å²) in [5.41, 5.74) is 17.4. The van der Waals surface area contributed by atoms with Gasteiger partial charge in [0.2, 0.25) is 5.96 Å². The molecule has 0 aliphatic rings. The zero-order chi connectivity index (χ0) is 22.4. The van der Waals surface area contributed by atoms with Crippen molar-refractivity contribution >= 4 is 33.3 Å². The van der Waals surface area contributed by atoms with Crippen LogP contribution < -0.4 is 26.7 Å². The molecule has 0 unspecified atom stereocenters. The van der Waals surface area contributed by atoms with Crippen molar-refractivity contribution < 1.29 is 13.2 Å². The van der Waals surface area contributed by atoms with Crippen molar-refractivity contribution in [3.05, 3.63) is 78.4 Å². The highest BCUT2D eigenvalue weighted by atomic mass is 32.2. The molecule has 0 atom stereocenters. The van der Waals surface area contributed by atoms with Gasteiger partial charge in [-0.3, -0.25) is 4.72 Å². The number of benzene rings is 3. The summed E-state index contributed by atoms with van der Waals surface area (Å²) in [5.74, 6) is 0.831. The number of aryl methyl sites for hydroxylation is 1. The number of guanidine groups is 2. The lowest BCUT2D eigenvalue weighted by Gasteiger charge is -2.12. The molecule has 0 saturated carbocycles. The number of sulfonamides is 1. The zero-order valence-electron chi connectivity index (χ0n) is 16.7. The van der Waals surface area contributed by atoms with Gasteiger partial charge in [-0.15, -0.1) is 0 Å². The minimum Gasteiger partial charge on any atom is -0.457 e. The van der Waals surface area contributed by atoms with Crippen LogP contribution in [0.2, 0.25) is 0 Å². The lowest BCUT2D eigenvalue weighted by Crippen LogP contribution is -2.26. The van der Waals surface area contributed by atoms with Crippen LogP contribution in [-0.4, -0.2) is 20.3 Å². The predicted octanol–water partition coefficient (Wildman–Crippen LogP) is 2.81. The van der Waals surface area contributed by atoms with Gasteiger partial charge < -0.3 is 21.9 Å². The molecular formula is C21H22N6O3S. The normalized spacial score (nSPS) is 11.6. The fourth-order valence-electron chi connectivity index (χ4n) is 2.66. The quantitative estimate of drug-likeness (QED) is 0.342. The minimum absolute atomic E-state index is 0.0517. The standard InChI is InChI=1S/C21H22N6O3S/c1-14-7-8-16(25-21(24)26-20(22)23)13-19(14)31(28,29)27-15-9-11-18(12-10-15)30-17-5-3-2-4-6-17/h2-13,27H,1H3,(H6,22,23,24,25,26). The highest BCUT2D eigenvalue weighted by Crippen LogP contribution is 2.26. The third-order valence-corrected chi connectivity index (χ3v) is 5.56. The third kappa shape index (κ3) is 5.97. The molecule has 10 heteroatoms. The van der Waals surface area contributed by atoms with Gasteiger partial charge in [0, 0.05) is 5.69 Å². The average Bonchev–Trinajstić information content (AvgIpc) is 2.71. The van der Waals surface area contributed by atoms with Gasteiger partial charge in [0.05, 0.1) is 10.6 Å². The highest BCUT2D eigenvalue weighted by Gasteiger charge is 2.18. The lowest BCUT2D eigenvalue weighted by atomic mass is 10.2. The Morgan fingerprint density at radius 1 is 0.903 bits per heavy atom. The molecule has 0 aromatic heterocycles. The molecule has 3 rings (SSSR count). The number of nitrogens with two attached hydrogens (primary N) is 3. The summed E-state index contributed by atoms with van der Waals surface area (Å²) in [5, 5.41) is 0. The van der Waals surface area contributed by atoms with E-state index >= 15 is 0 Å². The van der Waals surface area contributed by atoms with Gasteiger partial charge in [0.1, 0.15) is 11.5 Å². The van der Waals surface area contributed by atoms with E-state index in [2.05, 4.69) is 14.7 Å². The van der Waals surface area contributed by atoms with Crippen LogP contribution >= 0.6 is 0 Å². The molecule has 3 aromatic carbocycles. The molecule has 0 fully saturated rings. The molecule has 3 aromatic rings. The van der Waals surface area contributed by atoms with E-state index in [-0.39, 0.29) is 16.8 Å². The van der Waals surface area contributed by atoms with Crippen molar-refractivity contribution in [3.8, 4) is 11.5 Å². The predicted molar refractivity (Wildman–Crippen MR) is 122 cm³/mol. The molecule has 0 saturated heterocycles. The molecule has 0 radical (unpaired) electrons. The van der Waals surface area contributed by atoms with E-state index in [1.165, 1.54) is 6.07 Å². The maximum absolute atomic E-state index is 12.9.